The van der Waals surface area contributed by atoms with Gasteiger partial charge in [-0.3, -0.25) is 0 Å². The second kappa shape index (κ2) is 6.17. The number of halogens is 1. The van der Waals surface area contributed by atoms with Crippen molar-refractivity contribution in [1.29, 1.82) is 0 Å². The summed E-state index contributed by atoms with van der Waals surface area (Å²) in [4.78, 5) is 0. The molecule has 0 N–H and O–H groups in total. The number of hydrogen-bond donors (Lipinski definition) is 0. The molecule has 0 aliphatic rings. The van der Waals surface area contributed by atoms with Crippen LogP contribution in [0.3, 0.4) is 0 Å². The van der Waals surface area contributed by atoms with E-state index in [2.05, 4.69) is 101 Å². The van der Waals surface area contributed by atoms with Crippen molar-refractivity contribution < 1.29 is 0 Å². The summed E-state index contributed by atoms with van der Waals surface area (Å²) in [7, 11) is 0. The highest BCUT2D eigenvalue weighted by atomic mass is 79.9. The van der Waals surface area contributed by atoms with Gasteiger partial charge in [0.15, 0.2) is 0 Å². The van der Waals surface area contributed by atoms with Gasteiger partial charge in [0.25, 0.3) is 0 Å². The zero-order chi connectivity index (χ0) is 15.6. The van der Waals surface area contributed by atoms with Crippen molar-refractivity contribution in [3.8, 4) is 0 Å². The van der Waals surface area contributed by atoms with Gasteiger partial charge in [0, 0.05) is 11.2 Å². The predicted octanol–water partition coefficient (Wildman–Crippen LogP) is 6.36. The van der Waals surface area contributed by atoms with E-state index in [1.165, 1.54) is 38.6 Å². The Morgan fingerprint density at radius 2 is 1.00 bits per heavy atom. The van der Waals surface area contributed by atoms with Crippen molar-refractivity contribution in [2.75, 3.05) is 5.33 Å². The molecule has 1 heteroatoms. The minimum absolute atomic E-state index is 0.828. The molecular weight excluding hydrogens is 344 g/mol. The molecule has 0 nitrogen and oxygen atoms in total. The molecule has 4 aromatic carbocycles. The van der Waals surface area contributed by atoms with Crippen LogP contribution in [0.4, 0.5) is 0 Å². The molecule has 0 saturated heterocycles. The second-order valence-electron chi connectivity index (χ2n) is 5.67. The maximum absolute atomic E-state index is 3.72. The fraction of sp³-hybridized carbons (Fsp3) is 0.0455. The van der Waals surface area contributed by atoms with Gasteiger partial charge in [0.1, 0.15) is 0 Å². The van der Waals surface area contributed by atoms with Crippen LogP contribution >= 0.6 is 15.9 Å². The minimum Gasteiger partial charge on any atom is -0.0914 e. The third-order valence-electron chi connectivity index (χ3n) is 4.36. The normalized spacial score (nSPS) is 11.4. The Kier molecular flexibility index (Phi) is 3.88. The number of rotatable bonds is 3. The van der Waals surface area contributed by atoms with Crippen LogP contribution in [0.5, 0.6) is 0 Å². The quantitative estimate of drug-likeness (QED) is 0.373. The summed E-state index contributed by atoms with van der Waals surface area (Å²) in [6.07, 6.45) is 0. The molecule has 0 unspecified atom stereocenters. The van der Waals surface area contributed by atoms with Crippen molar-refractivity contribution in [3.63, 3.8) is 0 Å². The summed E-state index contributed by atoms with van der Waals surface area (Å²) >= 11 is 3.72. The van der Waals surface area contributed by atoms with Crippen molar-refractivity contribution in [2.45, 2.75) is 0 Å². The van der Waals surface area contributed by atoms with Crippen LogP contribution in [-0.2, 0) is 0 Å². The van der Waals surface area contributed by atoms with Gasteiger partial charge < -0.3 is 0 Å². The Balaban J connectivity index is 1.97. The lowest BCUT2D eigenvalue weighted by Gasteiger charge is -2.19. The molecule has 0 saturated carbocycles. The van der Waals surface area contributed by atoms with Gasteiger partial charge in [-0.25, -0.2) is 0 Å². The van der Waals surface area contributed by atoms with Gasteiger partial charge in [0.05, 0.1) is 0 Å². The smallest absolute Gasteiger partial charge is 0.0457 e. The molecule has 0 aliphatic carbocycles. The Hall–Kier alpha value is -2.12. The summed E-state index contributed by atoms with van der Waals surface area (Å²) in [5, 5.41) is 6.00. The van der Waals surface area contributed by atoms with Crippen LogP contribution in [0.15, 0.2) is 84.9 Å². The third kappa shape index (κ3) is 2.55. The molecule has 0 aromatic heterocycles. The minimum atomic E-state index is 0.828. The first-order valence-corrected chi connectivity index (χ1v) is 8.89. The summed E-state index contributed by atoms with van der Waals surface area (Å²) in [6, 6.07) is 30.3. The molecule has 0 amide bonds. The molecule has 0 spiro atoms. The van der Waals surface area contributed by atoms with Crippen LogP contribution < -0.4 is 0 Å². The van der Waals surface area contributed by atoms with Crippen LogP contribution in [0.1, 0.15) is 11.1 Å². The SMILES string of the molecule is BrC[C](c1cccc2ccccc12)c1cccc2ccccc12. The first kappa shape index (κ1) is 14.5. The second-order valence-corrected chi connectivity index (χ2v) is 6.23. The van der Waals surface area contributed by atoms with Gasteiger partial charge in [-0.2, -0.15) is 0 Å². The highest BCUT2D eigenvalue weighted by Crippen LogP contribution is 2.34. The number of alkyl halides is 1. The Labute approximate surface area is 144 Å². The fourth-order valence-corrected chi connectivity index (χ4v) is 3.87. The van der Waals surface area contributed by atoms with E-state index in [1.54, 1.807) is 0 Å². The molecule has 4 rings (SSSR count). The summed E-state index contributed by atoms with van der Waals surface area (Å²) in [6.45, 7) is 0. The van der Waals surface area contributed by atoms with E-state index in [0.29, 0.717) is 0 Å². The first-order valence-electron chi connectivity index (χ1n) is 7.76. The number of fused-ring (bicyclic) bond motifs is 2. The Morgan fingerprint density at radius 1 is 0.565 bits per heavy atom. The van der Waals surface area contributed by atoms with Crippen molar-refractivity contribution in [1.82, 2.24) is 0 Å². The van der Waals surface area contributed by atoms with Gasteiger partial charge >= 0.3 is 0 Å². The molecule has 0 atom stereocenters. The number of hydrogen-bond acceptors (Lipinski definition) is 0. The average molecular weight is 360 g/mol. The van der Waals surface area contributed by atoms with Crippen molar-refractivity contribution in [3.05, 3.63) is 102 Å². The van der Waals surface area contributed by atoms with Gasteiger partial charge in [-0.05, 0) is 32.7 Å². The van der Waals surface area contributed by atoms with Gasteiger partial charge in [0.2, 0.25) is 0 Å². The highest BCUT2D eigenvalue weighted by molar-refractivity contribution is 9.09. The van der Waals surface area contributed by atoms with Crippen LogP contribution in [-0.4, -0.2) is 5.33 Å². The van der Waals surface area contributed by atoms with E-state index in [1.807, 2.05) is 0 Å². The fourth-order valence-electron chi connectivity index (χ4n) is 3.27. The summed E-state index contributed by atoms with van der Waals surface area (Å²) in [5.74, 6) is 1.33. The maximum Gasteiger partial charge on any atom is 0.0457 e. The van der Waals surface area contributed by atoms with E-state index in [0.717, 1.165) is 5.33 Å². The molecule has 111 valence electrons. The average Bonchev–Trinajstić information content (AvgIpc) is 2.63. The first-order chi connectivity index (χ1) is 11.4. The van der Waals surface area contributed by atoms with Crippen molar-refractivity contribution >= 4 is 37.5 Å². The molecule has 4 aromatic rings. The highest BCUT2D eigenvalue weighted by Gasteiger charge is 2.18. The zero-order valence-electron chi connectivity index (χ0n) is 12.7. The van der Waals surface area contributed by atoms with Crippen LogP contribution in [0, 0.1) is 5.92 Å². The van der Waals surface area contributed by atoms with E-state index < -0.39 is 0 Å². The number of benzene rings is 4. The standard InChI is InChI=1S/C22H16Br/c23-15-22(20-13-5-9-16-7-1-3-11-18(16)20)21-14-6-10-17-8-2-4-12-19(17)21/h1-14H,15H2. The summed E-state index contributed by atoms with van der Waals surface area (Å²) in [5.41, 5.74) is 2.60. The summed E-state index contributed by atoms with van der Waals surface area (Å²) < 4.78 is 0. The topological polar surface area (TPSA) is 0 Å². The molecule has 0 heterocycles. The maximum atomic E-state index is 3.72. The molecule has 0 fully saturated rings. The Morgan fingerprint density at radius 3 is 1.48 bits per heavy atom. The van der Waals surface area contributed by atoms with Crippen LogP contribution in [0.25, 0.3) is 21.5 Å². The molecule has 0 bridgehead atoms. The molecule has 1 radical (unpaired) electrons. The lowest BCUT2D eigenvalue weighted by Crippen LogP contribution is -2.05. The third-order valence-corrected chi connectivity index (χ3v) is 4.92. The van der Waals surface area contributed by atoms with E-state index in [-0.39, 0.29) is 0 Å². The van der Waals surface area contributed by atoms with E-state index >= 15 is 0 Å². The monoisotopic (exact) mass is 359 g/mol. The van der Waals surface area contributed by atoms with E-state index in [4.69, 9.17) is 0 Å². The predicted molar refractivity (Wildman–Crippen MR) is 103 cm³/mol. The zero-order valence-corrected chi connectivity index (χ0v) is 14.3. The lowest BCUT2D eigenvalue weighted by molar-refractivity contribution is 1.25. The Bertz CT molecular complexity index is 882. The van der Waals surface area contributed by atoms with Gasteiger partial charge in [-0.1, -0.05) is 101 Å². The lowest BCUT2D eigenvalue weighted by atomic mass is 9.86. The van der Waals surface area contributed by atoms with E-state index in [9.17, 15) is 0 Å². The molecule has 23 heavy (non-hydrogen) atoms. The largest absolute Gasteiger partial charge is 0.0914 e. The molecule has 0 aliphatic heterocycles. The molecular formula is C22H16Br. The van der Waals surface area contributed by atoms with Crippen molar-refractivity contribution in [2.24, 2.45) is 0 Å². The van der Waals surface area contributed by atoms with Crippen LogP contribution in [0.2, 0.25) is 0 Å². The van der Waals surface area contributed by atoms with Gasteiger partial charge in [-0.15, -0.1) is 0 Å².